The fourth-order valence-electron chi connectivity index (χ4n) is 2.08. The van der Waals surface area contributed by atoms with Gasteiger partial charge < -0.3 is 15.7 Å². The van der Waals surface area contributed by atoms with Gasteiger partial charge in [0.15, 0.2) is 5.84 Å². The van der Waals surface area contributed by atoms with E-state index in [1.54, 1.807) is 19.2 Å². The topological polar surface area (TPSA) is 93.6 Å². The van der Waals surface area contributed by atoms with E-state index in [1.165, 1.54) is 0 Å². The normalized spacial score (nSPS) is 11.4. The summed E-state index contributed by atoms with van der Waals surface area (Å²) in [5.74, 6) is 0.555. The van der Waals surface area contributed by atoms with Crippen molar-refractivity contribution < 1.29 is 9.94 Å². The molecule has 0 aromatic carbocycles. The van der Waals surface area contributed by atoms with Gasteiger partial charge in [0, 0.05) is 30.1 Å². The van der Waals surface area contributed by atoms with Gasteiger partial charge in [-0.3, -0.25) is 9.97 Å². The number of aryl methyl sites for hydroxylation is 2. The van der Waals surface area contributed by atoms with Crippen molar-refractivity contribution in [2.75, 3.05) is 6.61 Å². The lowest BCUT2D eigenvalue weighted by atomic mass is 10.1. The summed E-state index contributed by atoms with van der Waals surface area (Å²) in [6, 6.07) is 7.52. The van der Waals surface area contributed by atoms with Gasteiger partial charge in [0.25, 0.3) is 0 Å². The van der Waals surface area contributed by atoms with Gasteiger partial charge in [-0.1, -0.05) is 11.2 Å². The lowest BCUT2D eigenvalue weighted by Gasteiger charge is -2.13. The molecule has 2 aromatic rings. The summed E-state index contributed by atoms with van der Waals surface area (Å²) >= 11 is 0. The highest BCUT2D eigenvalue weighted by Gasteiger charge is 2.14. The van der Waals surface area contributed by atoms with Crippen molar-refractivity contribution in [2.45, 2.75) is 20.3 Å². The molecule has 6 nitrogen and oxygen atoms in total. The Kier molecular flexibility index (Phi) is 4.71. The van der Waals surface area contributed by atoms with E-state index in [0.717, 1.165) is 11.4 Å². The fraction of sp³-hybridized carbons (Fsp3) is 0.267. The van der Waals surface area contributed by atoms with Crippen LogP contribution >= 0.6 is 0 Å². The highest BCUT2D eigenvalue weighted by Crippen LogP contribution is 2.22. The van der Waals surface area contributed by atoms with E-state index in [2.05, 4.69) is 15.1 Å². The van der Waals surface area contributed by atoms with Gasteiger partial charge in [-0.15, -0.1) is 0 Å². The van der Waals surface area contributed by atoms with Crippen molar-refractivity contribution in [3.63, 3.8) is 0 Å². The number of hydrogen-bond donors (Lipinski definition) is 2. The first-order chi connectivity index (χ1) is 10.1. The zero-order valence-electron chi connectivity index (χ0n) is 12.1. The summed E-state index contributed by atoms with van der Waals surface area (Å²) in [6.45, 7) is 4.12. The Morgan fingerprint density at radius 3 is 2.86 bits per heavy atom. The van der Waals surface area contributed by atoms with Gasteiger partial charge in [0.2, 0.25) is 0 Å². The molecule has 2 heterocycles. The SMILES string of the molecule is Cc1cc(OCCc2ccccn2)c(/C(N)=N/O)c(C)n1. The second-order valence-corrected chi connectivity index (χ2v) is 4.63. The van der Waals surface area contributed by atoms with Crippen molar-refractivity contribution >= 4 is 5.84 Å². The van der Waals surface area contributed by atoms with Crippen LogP contribution in [0.2, 0.25) is 0 Å². The van der Waals surface area contributed by atoms with Crippen LogP contribution in [-0.4, -0.2) is 27.6 Å². The molecule has 0 saturated heterocycles. The molecule has 21 heavy (non-hydrogen) atoms. The molecule has 0 amide bonds. The Labute approximate surface area is 123 Å². The van der Waals surface area contributed by atoms with Crippen molar-refractivity contribution in [3.05, 3.63) is 53.1 Å². The lowest BCUT2D eigenvalue weighted by Crippen LogP contribution is -2.18. The Morgan fingerprint density at radius 1 is 1.38 bits per heavy atom. The minimum Gasteiger partial charge on any atom is -0.492 e. The standard InChI is InChI=1S/C15H18N4O2/c1-10-9-13(14(11(2)18-10)15(16)19-20)21-8-6-12-5-3-4-7-17-12/h3-5,7,9,20H,6,8H2,1-2H3,(H2,16,19). The van der Waals surface area contributed by atoms with Crippen molar-refractivity contribution in [1.82, 2.24) is 9.97 Å². The number of rotatable bonds is 5. The summed E-state index contributed by atoms with van der Waals surface area (Å²) in [5.41, 5.74) is 8.64. The van der Waals surface area contributed by atoms with Gasteiger partial charge in [-0.25, -0.2) is 0 Å². The number of aromatic nitrogens is 2. The van der Waals surface area contributed by atoms with Crippen LogP contribution in [0.25, 0.3) is 0 Å². The third-order valence-corrected chi connectivity index (χ3v) is 3.00. The number of nitrogens with two attached hydrogens (primary N) is 1. The molecular weight excluding hydrogens is 268 g/mol. The van der Waals surface area contributed by atoms with Crippen LogP contribution in [0, 0.1) is 13.8 Å². The lowest BCUT2D eigenvalue weighted by molar-refractivity contribution is 0.312. The summed E-state index contributed by atoms with van der Waals surface area (Å²) in [6.07, 6.45) is 2.43. The first-order valence-electron chi connectivity index (χ1n) is 6.60. The molecule has 0 atom stereocenters. The predicted octanol–water partition coefficient (Wildman–Crippen LogP) is 1.81. The molecule has 2 aromatic heterocycles. The Hall–Kier alpha value is -2.63. The molecule has 6 heteroatoms. The highest BCUT2D eigenvalue weighted by atomic mass is 16.5. The van der Waals surface area contributed by atoms with Gasteiger partial charge in [-0.2, -0.15) is 0 Å². The Bertz CT molecular complexity index is 642. The molecule has 0 aliphatic carbocycles. The maximum Gasteiger partial charge on any atom is 0.175 e. The summed E-state index contributed by atoms with van der Waals surface area (Å²) < 4.78 is 5.77. The van der Waals surface area contributed by atoms with Gasteiger partial charge in [0.05, 0.1) is 17.9 Å². The van der Waals surface area contributed by atoms with Gasteiger partial charge in [-0.05, 0) is 26.0 Å². The average molecular weight is 286 g/mol. The number of nitrogens with zero attached hydrogens (tertiary/aromatic N) is 3. The van der Waals surface area contributed by atoms with Crippen LogP contribution in [0.15, 0.2) is 35.6 Å². The third kappa shape index (κ3) is 3.68. The van der Waals surface area contributed by atoms with Crippen LogP contribution in [0.3, 0.4) is 0 Å². The highest BCUT2D eigenvalue weighted by molar-refractivity contribution is 6.00. The Balaban J connectivity index is 2.15. The van der Waals surface area contributed by atoms with Crippen LogP contribution in [0.4, 0.5) is 0 Å². The molecule has 3 N–H and O–H groups in total. The van der Waals surface area contributed by atoms with E-state index < -0.39 is 0 Å². The average Bonchev–Trinajstić information content (AvgIpc) is 2.47. The van der Waals surface area contributed by atoms with Crippen LogP contribution in [-0.2, 0) is 6.42 Å². The van der Waals surface area contributed by atoms with E-state index in [4.69, 9.17) is 15.7 Å². The predicted molar refractivity (Wildman–Crippen MR) is 79.7 cm³/mol. The number of amidine groups is 1. The molecule has 0 fully saturated rings. The number of oxime groups is 1. The first-order valence-corrected chi connectivity index (χ1v) is 6.60. The quantitative estimate of drug-likeness (QED) is 0.378. The van der Waals surface area contributed by atoms with E-state index in [0.29, 0.717) is 30.0 Å². The molecule has 0 saturated carbocycles. The first kappa shape index (κ1) is 14.8. The fourth-order valence-corrected chi connectivity index (χ4v) is 2.08. The molecule has 2 rings (SSSR count). The molecule has 110 valence electrons. The monoisotopic (exact) mass is 286 g/mol. The molecule has 0 bridgehead atoms. The molecule has 0 aliphatic heterocycles. The minimum absolute atomic E-state index is 0.00663. The number of ether oxygens (including phenoxy) is 1. The van der Waals surface area contributed by atoms with Crippen LogP contribution in [0.1, 0.15) is 22.6 Å². The van der Waals surface area contributed by atoms with Gasteiger partial charge >= 0.3 is 0 Å². The smallest absolute Gasteiger partial charge is 0.175 e. The molecular formula is C15H18N4O2. The van der Waals surface area contributed by atoms with Crippen molar-refractivity contribution in [2.24, 2.45) is 10.9 Å². The van der Waals surface area contributed by atoms with E-state index >= 15 is 0 Å². The van der Waals surface area contributed by atoms with Crippen molar-refractivity contribution in [1.29, 1.82) is 0 Å². The van der Waals surface area contributed by atoms with E-state index in [1.807, 2.05) is 25.1 Å². The molecule has 0 aliphatic rings. The zero-order chi connectivity index (χ0) is 15.2. The van der Waals surface area contributed by atoms with Crippen LogP contribution < -0.4 is 10.5 Å². The minimum atomic E-state index is -0.00663. The second kappa shape index (κ2) is 6.69. The third-order valence-electron chi connectivity index (χ3n) is 3.00. The maximum atomic E-state index is 8.88. The summed E-state index contributed by atoms with van der Waals surface area (Å²) in [4.78, 5) is 8.54. The van der Waals surface area contributed by atoms with Crippen LogP contribution in [0.5, 0.6) is 5.75 Å². The largest absolute Gasteiger partial charge is 0.492 e. The van der Waals surface area contributed by atoms with E-state index in [9.17, 15) is 0 Å². The number of hydrogen-bond acceptors (Lipinski definition) is 5. The van der Waals surface area contributed by atoms with Crippen molar-refractivity contribution in [3.8, 4) is 5.75 Å². The maximum absolute atomic E-state index is 8.88. The van der Waals surface area contributed by atoms with E-state index in [-0.39, 0.29) is 5.84 Å². The zero-order valence-corrected chi connectivity index (χ0v) is 12.1. The number of pyridine rings is 2. The molecule has 0 radical (unpaired) electrons. The second-order valence-electron chi connectivity index (χ2n) is 4.63. The summed E-state index contributed by atoms with van der Waals surface area (Å²) in [7, 11) is 0. The van der Waals surface area contributed by atoms with Gasteiger partial charge in [0.1, 0.15) is 5.75 Å². The Morgan fingerprint density at radius 2 is 2.19 bits per heavy atom. The summed E-state index contributed by atoms with van der Waals surface area (Å²) in [5, 5.41) is 11.9. The molecule has 0 spiro atoms. The molecule has 0 unspecified atom stereocenters.